The van der Waals surface area contributed by atoms with Gasteiger partial charge in [-0.3, -0.25) is 4.79 Å². The molecule has 0 saturated carbocycles. The number of anilines is 1. The zero-order valence-corrected chi connectivity index (χ0v) is 15.0. The lowest BCUT2D eigenvalue weighted by Gasteiger charge is -2.37. The number of carbonyl (C=O) groups excluding carboxylic acids is 1. The monoisotopic (exact) mass is 351 g/mol. The van der Waals surface area contributed by atoms with Crippen molar-refractivity contribution in [2.45, 2.75) is 31.8 Å². The second-order valence-electron chi connectivity index (χ2n) is 7.08. The van der Waals surface area contributed by atoms with Gasteiger partial charge in [0.15, 0.2) is 0 Å². The second kappa shape index (κ2) is 7.00. The zero-order chi connectivity index (χ0) is 18.1. The molecule has 2 aliphatic heterocycles. The highest BCUT2D eigenvalue weighted by Crippen LogP contribution is 2.42. The molecule has 1 fully saturated rings. The van der Waals surface area contributed by atoms with Crippen molar-refractivity contribution >= 4 is 11.6 Å². The van der Waals surface area contributed by atoms with Crippen molar-refractivity contribution in [1.82, 2.24) is 5.32 Å². The minimum Gasteiger partial charge on any atom is -0.494 e. The Kier molecular flexibility index (Phi) is 4.55. The van der Waals surface area contributed by atoms with E-state index in [9.17, 15) is 4.79 Å². The molecule has 136 valence electrons. The number of benzene rings is 2. The van der Waals surface area contributed by atoms with Crippen LogP contribution in [-0.4, -0.2) is 25.1 Å². The Bertz CT molecular complexity index is 803. The number of nitrogens with two attached hydrogens (primary N) is 1. The van der Waals surface area contributed by atoms with Gasteiger partial charge in [-0.15, -0.1) is 0 Å². The average Bonchev–Trinajstić information content (AvgIpc) is 3.14. The van der Waals surface area contributed by atoms with E-state index >= 15 is 0 Å². The molecular formula is C21H25N3O2. The van der Waals surface area contributed by atoms with Crippen LogP contribution in [0.5, 0.6) is 5.75 Å². The summed E-state index contributed by atoms with van der Waals surface area (Å²) in [6, 6.07) is 14.7. The van der Waals surface area contributed by atoms with Gasteiger partial charge in [-0.2, -0.15) is 0 Å². The third-order valence-electron chi connectivity index (χ3n) is 5.49. The molecule has 0 aromatic heterocycles. The van der Waals surface area contributed by atoms with Crippen LogP contribution in [0.3, 0.4) is 0 Å². The van der Waals surface area contributed by atoms with E-state index in [1.165, 1.54) is 5.56 Å². The molecule has 5 heteroatoms. The highest BCUT2D eigenvalue weighted by atomic mass is 16.5. The van der Waals surface area contributed by atoms with Gasteiger partial charge < -0.3 is 21.1 Å². The Morgan fingerprint density at radius 3 is 2.77 bits per heavy atom. The highest BCUT2D eigenvalue weighted by Gasteiger charge is 2.39. The standard InChI is InChI=1S/C21H25N3O2/c1-2-26-15-6-3-13(4-7-15)11-19-16-9-10-23-20(16)17-12-14(21(22)25)5-8-18(17)24-19/h3-8,12,16,19-20,23-24H,2,9-11H2,1H3,(H2,22,25). The van der Waals surface area contributed by atoms with Gasteiger partial charge in [-0.05, 0) is 67.8 Å². The van der Waals surface area contributed by atoms with Crippen molar-refractivity contribution in [1.29, 1.82) is 0 Å². The van der Waals surface area contributed by atoms with Crippen molar-refractivity contribution in [3.8, 4) is 5.75 Å². The van der Waals surface area contributed by atoms with Gasteiger partial charge in [-0.1, -0.05) is 12.1 Å². The number of rotatable bonds is 5. The molecule has 2 aromatic rings. The normalized spacial score (nSPS) is 23.7. The van der Waals surface area contributed by atoms with Crippen LogP contribution < -0.4 is 21.1 Å². The number of nitrogens with one attached hydrogen (secondary N) is 2. The molecule has 1 amide bonds. The van der Waals surface area contributed by atoms with Crippen LogP contribution >= 0.6 is 0 Å². The first kappa shape index (κ1) is 16.9. The molecule has 0 spiro atoms. The quantitative estimate of drug-likeness (QED) is 0.774. The lowest BCUT2D eigenvalue weighted by Crippen LogP contribution is -2.39. The van der Waals surface area contributed by atoms with Crippen LogP contribution in [-0.2, 0) is 6.42 Å². The summed E-state index contributed by atoms with van der Waals surface area (Å²) in [6.07, 6.45) is 2.09. The van der Waals surface area contributed by atoms with Gasteiger partial charge in [0, 0.05) is 29.3 Å². The predicted molar refractivity (Wildman–Crippen MR) is 103 cm³/mol. The van der Waals surface area contributed by atoms with E-state index in [4.69, 9.17) is 10.5 Å². The molecule has 2 aromatic carbocycles. The fraction of sp³-hybridized carbons (Fsp3) is 0.381. The Labute approximate surface area is 153 Å². The minimum absolute atomic E-state index is 0.276. The Balaban J connectivity index is 1.57. The molecule has 26 heavy (non-hydrogen) atoms. The van der Waals surface area contributed by atoms with E-state index in [1.807, 2.05) is 31.2 Å². The van der Waals surface area contributed by atoms with Crippen molar-refractivity contribution in [3.05, 3.63) is 59.2 Å². The summed E-state index contributed by atoms with van der Waals surface area (Å²) in [5.41, 5.74) is 9.59. The fourth-order valence-corrected chi connectivity index (χ4v) is 4.25. The first-order chi connectivity index (χ1) is 12.7. The first-order valence-corrected chi connectivity index (χ1v) is 9.31. The molecule has 1 saturated heterocycles. The van der Waals surface area contributed by atoms with E-state index in [-0.39, 0.29) is 11.9 Å². The molecule has 2 aliphatic rings. The summed E-state index contributed by atoms with van der Waals surface area (Å²) < 4.78 is 5.53. The first-order valence-electron chi connectivity index (χ1n) is 9.31. The van der Waals surface area contributed by atoms with Crippen LogP contribution in [0, 0.1) is 5.92 Å². The number of hydrogen-bond donors (Lipinski definition) is 3. The molecular weight excluding hydrogens is 326 g/mol. The summed E-state index contributed by atoms with van der Waals surface area (Å²) in [7, 11) is 0. The molecule has 3 unspecified atom stereocenters. The van der Waals surface area contributed by atoms with Crippen LogP contribution in [0.25, 0.3) is 0 Å². The van der Waals surface area contributed by atoms with E-state index < -0.39 is 0 Å². The van der Waals surface area contributed by atoms with E-state index in [2.05, 4.69) is 22.8 Å². The van der Waals surface area contributed by atoms with Crippen LogP contribution in [0.2, 0.25) is 0 Å². The van der Waals surface area contributed by atoms with Crippen LogP contribution in [0.4, 0.5) is 5.69 Å². The van der Waals surface area contributed by atoms with E-state index in [1.54, 1.807) is 6.07 Å². The van der Waals surface area contributed by atoms with Gasteiger partial charge in [0.25, 0.3) is 0 Å². The lowest BCUT2D eigenvalue weighted by atomic mass is 9.80. The summed E-state index contributed by atoms with van der Waals surface area (Å²) in [5.74, 6) is 1.04. The maximum absolute atomic E-state index is 11.5. The fourth-order valence-electron chi connectivity index (χ4n) is 4.25. The second-order valence-corrected chi connectivity index (χ2v) is 7.08. The molecule has 4 N–H and O–H groups in total. The third-order valence-corrected chi connectivity index (χ3v) is 5.49. The average molecular weight is 351 g/mol. The molecule has 0 aliphatic carbocycles. The van der Waals surface area contributed by atoms with E-state index in [0.717, 1.165) is 36.4 Å². The van der Waals surface area contributed by atoms with E-state index in [0.29, 0.717) is 24.1 Å². The molecule has 0 radical (unpaired) electrons. The molecule has 2 heterocycles. The number of primary amides is 1. The van der Waals surface area contributed by atoms with Crippen molar-refractivity contribution in [2.75, 3.05) is 18.5 Å². The zero-order valence-electron chi connectivity index (χ0n) is 15.0. The van der Waals surface area contributed by atoms with Crippen molar-refractivity contribution in [2.24, 2.45) is 11.7 Å². The topological polar surface area (TPSA) is 76.4 Å². The number of hydrogen-bond acceptors (Lipinski definition) is 4. The number of carbonyl (C=O) groups is 1. The van der Waals surface area contributed by atoms with Gasteiger partial charge >= 0.3 is 0 Å². The predicted octanol–water partition coefficient (Wildman–Crippen LogP) is 2.87. The Hall–Kier alpha value is -2.53. The largest absolute Gasteiger partial charge is 0.494 e. The maximum atomic E-state index is 11.5. The van der Waals surface area contributed by atoms with Crippen molar-refractivity contribution < 1.29 is 9.53 Å². The third kappa shape index (κ3) is 3.15. The van der Waals surface area contributed by atoms with Gasteiger partial charge in [-0.25, -0.2) is 0 Å². The maximum Gasteiger partial charge on any atom is 0.248 e. The molecule has 0 bridgehead atoms. The Morgan fingerprint density at radius 2 is 2.04 bits per heavy atom. The molecule has 3 atom stereocenters. The Morgan fingerprint density at radius 1 is 1.23 bits per heavy atom. The summed E-state index contributed by atoms with van der Waals surface area (Å²) in [4.78, 5) is 11.5. The number of amides is 1. The summed E-state index contributed by atoms with van der Waals surface area (Å²) >= 11 is 0. The lowest BCUT2D eigenvalue weighted by molar-refractivity contribution is 0.1000. The van der Waals surface area contributed by atoms with Crippen molar-refractivity contribution in [3.63, 3.8) is 0 Å². The molecule has 5 nitrogen and oxygen atoms in total. The van der Waals surface area contributed by atoms with Crippen LogP contribution in [0.1, 0.15) is 40.9 Å². The minimum atomic E-state index is -0.376. The van der Waals surface area contributed by atoms with Gasteiger partial charge in [0.1, 0.15) is 5.75 Å². The number of ether oxygens (including phenoxy) is 1. The number of fused-ring (bicyclic) bond motifs is 3. The molecule has 4 rings (SSSR count). The smallest absolute Gasteiger partial charge is 0.248 e. The summed E-state index contributed by atoms with van der Waals surface area (Å²) in [5, 5.41) is 7.31. The SMILES string of the molecule is CCOc1ccc(CC2Nc3ccc(C(N)=O)cc3C3NCCC23)cc1. The summed E-state index contributed by atoms with van der Waals surface area (Å²) in [6.45, 7) is 3.67. The van der Waals surface area contributed by atoms with Gasteiger partial charge in [0.05, 0.1) is 6.61 Å². The van der Waals surface area contributed by atoms with Gasteiger partial charge in [0.2, 0.25) is 5.91 Å². The highest BCUT2D eigenvalue weighted by molar-refractivity contribution is 5.93. The van der Waals surface area contributed by atoms with Crippen LogP contribution in [0.15, 0.2) is 42.5 Å².